The zero-order chi connectivity index (χ0) is 19.4. The Morgan fingerprint density at radius 1 is 1.04 bits per heavy atom. The number of Topliss-reactive ketones (excluding diaryl/α,β-unsaturated/α-hetero) is 1. The minimum absolute atomic E-state index is 0.143. The molecule has 0 atom stereocenters. The van der Waals surface area contributed by atoms with Gasteiger partial charge < -0.3 is 4.74 Å². The van der Waals surface area contributed by atoms with Crippen LogP contribution >= 0.6 is 23.2 Å². The number of ketones is 1. The van der Waals surface area contributed by atoms with Gasteiger partial charge in [-0.15, -0.1) is 0 Å². The SMILES string of the molecule is Cc1nn(Cc2ccccc2Cl)c(Cl)c1C(=O)OCC(=O)c1ccccc1. The molecule has 7 heteroatoms. The van der Waals surface area contributed by atoms with Gasteiger partial charge in [0.1, 0.15) is 10.7 Å². The Labute approximate surface area is 166 Å². The number of ether oxygens (including phenoxy) is 1. The summed E-state index contributed by atoms with van der Waals surface area (Å²) in [7, 11) is 0. The first kappa shape index (κ1) is 19.1. The molecule has 0 saturated carbocycles. The van der Waals surface area contributed by atoms with Gasteiger partial charge in [0, 0.05) is 10.6 Å². The van der Waals surface area contributed by atoms with Crippen LogP contribution in [0.1, 0.15) is 32.0 Å². The smallest absolute Gasteiger partial charge is 0.343 e. The average Bonchev–Trinajstić information content (AvgIpc) is 2.95. The number of aromatic nitrogens is 2. The fourth-order valence-corrected chi connectivity index (χ4v) is 3.10. The summed E-state index contributed by atoms with van der Waals surface area (Å²) < 4.78 is 6.62. The molecule has 0 saturated heterocycles. The molecule has 0 aliphatic heterocycles. The van der Waals surface area contributed by atoms with E-state index in [9.17, 15) is 9.59 Å². The first-order valence-corrected chi connectivity index (χ1v) is 8.94. The maximum Gasteiger partial charge on any atom is 0.343 e. The van der Waals surface area contributed by atoms with E-state index in [-0.39, 0.29) is 23.1 Å². The number of esters is 1. The molecule has 0 radical (unpaired) electrons. The Hall–Kier alpha value is -2.63. The summed E-state index contributed by atoms with van der Waals surface area (Å²) in [6, 6.07) is 15.9. The van der Waals surface area contributed by atoms with E-state index in [1.165, 1.54) is 4.68 Å². The predicted octanol–water partition coefficient (Wildman–Crippen LogP) is 4.59. The standard InChI is InChI=1S/C20H16Cl2N2O3/c1-13-18(20(26)27-12-17(25)14-7-3-2-4-8-14)19(22)24(23-13)11-15-9-5-6-10-16(15)21/h2-10H,11-12H2,1H3. The van der Waals surface area contributed by atoms with Gasteiger partial charge in [-0.3, -0.25) is 4.79 Å². The Morgan fingerprint density at radius 3 is 2.41 bits per heavy atom. The van der Waals surface area contributed by atoms with Crippen molar-refractivity contribution in [3.8, 4) is 0 Å². The van der Waals surface area contributed by atoms with Crippen LogP contribution in [0.5, 0.6) is 0 Å². The Bertz CT molecular complexity index is 984. The molecule has 138 valence electrons. The lowest BCUT2D eigenvalue weighted by atomic mass is 10.1. The maximum atomic E-state index is 12.4. The molecule has 1 aromatic heterocycles. The fourth-order valence-electron chi connectivity index (χ4n) is 2.59. The van der Waals surface area contributed by atoms with Crippen molar-refractivity contribution >= 4 is 35.0 Å². The van der Waals surface area contributed by atoms with Gasteiger partial charge >= 0.3 is 5.97 Å². The molecule has 0 amide bonds. The number of hydrogen-bond acceptors (Lipinski definition) is 4. The third-order valence-corrected chi connectivity index (χ3v) is 4.73. The van der Waals surface area contributed by atoms with Crippen LogP contribution in [0.15, 0.2) is 54.6 Å². The van der Waals surface area contributed by atoms with Crippen LogP contribution in [0.25, 0.3) is 0 Å². The lowest BCUT2D eigenvalue weighted by Crippen LogP contribution is -2.15. The van der Waals surface area contributed by atoms with Gasteiger partial charge in [-0.25, -0.2) is 9.48 Å². The van der Waals surface area contributed by atoms with Crippen LogP contribution < -0.4 is 0 Å². The molecule has 0 aliphatic rings. The highest BCUT2D eigenvalue weighted by atomic mass is 35.5. The molecule has 27 heavy (non-hydrogen) atoms. The topological polar surface area (TPSA) is 61.2 Å². The van der Waals surface area contributed by atoms with E-state index in [0.717, 1.165) is 5.56 Å². The molecule has 0 unspecified atom stereocenters. The Morgan fingerprint density at radius 2 is 1.70 bits per heavy atom. The molecule has 0 N–H and O–H groups in total. The summed E-state index contributed by atoms with van der Waals surface area (Å²) in [5, 5.41) is 5.02. The van der Waals surface area contributed by atoms with Crippen molar-refractivity contribution in [1.82, 2.24) is 9.78 Å². The third-order valence-electron chi connectivity index (χ3n) is 3.98. The lowest BCUT2D eigenvalue weighted by molar-refractivity contribution is 0.0474. The number of benzene rings is 2. The summed E-state index contributed by atoms with van der Waals surface area (Å²) in [5.41, 5.74) is 1.86. The number of nitrogens with zero attached hydrogens (tertiary/aromatic N) is 2. The van der Waals surface area contributed by atoms with Crippen molar-refractivity contribution in [3.05, 3.63) is 87.2 Å². The van der Waals surface area contributed by atoms with Gasteiger partial charge in [-0.1, -0.05) is 71.7 Å². The molecule has 1 heterocycles. The zero-order valence-corrected chi connectivity index (χ0v) is 16.0. The summed E-state index contributed by atoms with van der Waals surface area (Å²) in [4.78, 5) is 24.5. The maximum absolute atomic E-state index is 12.4. The summed E-state index contributed by atoms with van der Waals surface area (Å²) in [5.74, 6) is -0.978. The molecule has 5 nitrogen and oxygen atoms in total. The Balaban J connectivity index is 1.73. The van der Waals surface area contributed by atoms with Crippen LogP contribution in [0, 0.1) is 6.92 Å². The van der Waals surface area contributed by atoms with Crippen molar-refractivity contribution in [3.63, 3.8) is 0 Å². The first-order chi connectivity index (χ1) is 13.0. The van der Waals surface area contributed by atoms with Gasteiger partial charge in [0.05, 0.1) is 12.2 Å². The van der Waals surface area contributed by atoms with Gasteiger partial charge in [0.25, 0.3) is 0 Å². The summed E-state index contributed by atoms with van der Waals surface area (Å²) >= 11 is 12.5. The van der Waals surface area contributed by atoms with Gasteiger partial charge in [0.15, 0.2) is 12.4 Å². The molecule has 3 rings (SSSR count). The summed E-state index contributed by atoms with van der Waals surface area (Å²) in [6.45, 7) is 1.61. The molecular formula is C20H16Cl2N2O3. The molecule has 0 bridgehead atoms. The average molecular weight is 403 g/mol. The highest BCUT2D eigenvalue weighted by Gasteiger charge is 2.23. The highest BCUT2D eigenvalue weighted by Crippen LogP contribution is 2.24. The second kappa shape index (κ2) is 8.37. The number of hydrogen-bond donors (Lipinski definition) is 0. The van der Waals surface area contributed by atoms with E-state index >= 15 is 0 Å². The van der Waals surface area contributed by atoms with Gasteiger partial charge in [-0.05, 0) is 18.6 Å². The second-order valence-electron chi connectivity index (χ2n) is 5.87. The van der Waals surface area contributed by atoms with Crippen molar-refractivity contribution in [2.45, 2.75) is 13.5 Å². The molecule has 0 spiro atoms. The van der Waals surface area contributed by atoms with Crippen molar-refractivity contribution < 1.29 is 14.3 Å². The number of rotatable bonds is 6. The largest absolute Gasteiger partial charge is 0.454 e. The molecule has 0 fully saturated rings. The van der Waals surface area contributed by atoms with Crippen LogP contribution in [0.3, 0.4) is 0 Å². The van der Waals surface area contributed by atoms with Gasteiger partial charge in [0.2, 0.25) is 0 Å². The molecule has 3 aromatic rings. The third kappa shape index (κ3) is 4.38. The van der Waals surface area contributed by atoms with Crippen LogP contribution in [-0.2, 0) is 11.3 Å². The van der Waals surface area contributed by atoms with Crippen molar-refractivity contribution in [2.24, 2.45) is 0 Å². The zero-order valence-electron chi connectivity index (χ0n) is 14.5. The predicted molar refractivity (Wildman–Crippen MR) is 104 cm³/mol. The van der Waals surface area contributed by atoms with E-state index in [4.69, 9.17) is 27.9 Å². The summed E-state index contributed by atoms with van der Waals surface area (Å²) in [6.07, 6.45) is 0. The van der Waals surface area contributed by atoms with E-state index in [1.807, 2.05) is 18.2 Å². The van der Waals surface area contributed by atoms with E-state index in [0.29, 0.717) is 22.8 Å². The van der Waals surface area contributed by atoms with Gasteiger partial charge in [-0.2, -0.15) is 5.10 Å². The fraction of sp³-hybridized carbons (Fsp3) is 0.150. The van der Waals surface area contributed by atoms with E-state index in [2.05, 4.69) is 5.10 Å². The quantitative estimate of drug-likeness (QED) is 0.446. The molecule has 2 aromatic carbocycles. The molecular weight excluding hydrogens is 387 g/mol. The van der Waals surface area contributed by atoms with Crippen LogP contribution in [0.4, 0.5) is 0 Å². The minimum atomic E-state index is -0.688. The van der Waals surface area contributed by atoms with Crippen LogP contribution in [-0.4, -0.2) is 28.1 Å². The first-order valence-electron chi connectivity index (χ1n) is 8.19. The van der Waals surface area contributed by atoms with E-state index < -0.39 is 5.97 Å². The van der Waals surface area contributed by atoms with E-state index in [1.54, 1.807) is 43.3 Å². The number of halogens is 2. The highest BCUT2D eigenvalue weighted by molar-refractivity contribution is 6.33. The van der Waals surface area contributed by atoms with Crippen molar-refractivity contribution in [1.29, 1.82) is 0 Å². The Kier molecular flexibility index (Phi) is 5.94. The minimum Gasteiger partial charge on any atom is -0.454 e. The molecule has 0 aliphatic carbocycles. The second-order valence-corrected chi connectivity index (χ2v) is 6.63. The monoisotopic (exact) mass is 402 g/mol. The number of carbonyl (C=O) groups is 2. The van der Waals surface area contributed by atoms with Crippen molar-refractivity contribution in [2.75, 3.05) is 6.61 Å². The number of carbonyl (C=O) groups excluding carboxylic acids is 2. The van der Waals surface area contributed by atoms with Crippen LogP contribution in [0.2, 0.25) is 10.2 Å². The normalized spacial score (nSPS) is 10.6. The lowest BCUT2D eigenvalue weighted by Gasteiger charge is -2.06. The number of aryl methyl sites for hydroxylation is 1.